The van der Waals surface area contributed by atoms with Crippen molar-refractivity contribution in [1.82, 2.24) is 14.1 Å². The first kappa shape index (κ1) is 29.5. The third-order valence-corrected chi connectivity index (χ3v) is 8.37. The molecule has 2 rings (SSSR count). The number of sulfonamides is 1. The molecule has 1 aromatic rings. The van der Waals surface area contributed by atoms with Crippen LogP contribution in [-0.4, -0.2) is 86.0 Å². The number of rotatable bonds is 13. The molecule has 1 fully saturated rings. The molecule has 1 heterocycles. The summed E-state index contributed by atoms with van der Waals surface area (Å²) in [5.74, 6) is 0.161. The fraction of sp³-hybridized carbons (Fsp3) is 0.680. The molecule has 1 aromatic carbocycles. The maximum absolute atomic E-state index is 13.6. The molecule has 2 amide bonds. The third kappa shape index (κ3) is 9.37. The van der Waals surface area contributed by atoms with Crippen LogP contribution in [0.1, 0.15) is 52.0 Å². The Labute approximate surface area is 215 Å². The predicted octanol–water partition coefficient (Wildman–Crippen LogP) is 3.39. The van der Waals surface area contributed by atoms with Crippen LogP contribution >= 0.6 is 11.6 Å². The van der Waals surface area contributed by atoms with E-state index in [0.29, 0.717) is 56.3 Å². The van der Waals surface area contributed by atoms with Crippen molar-refractivity contribution in [3.63, 3.8) is 0 Å². The van der Waals surface area contributed by atoms with Gasteiger partial charge in [-0.05, 0) is 42.9 Å². The number of nitrogens with zero attached hydrogens (tertiary/aromatic N) is 3. The van der Waals surface area contributed by atoms with Crippen LogP contribution in [0.2, 0.25) is 5.02 Å². The number of hydrogen-bond acceptors (Lipinski definition) is 5. The van der Waals surface area contributed by atoms with Gasteiger partial charge in [-0.1, -0.05) is 44.5 Å². The van der Waals surface area contributed by atoms with Crippen LogP contribution in [0, 0.1) is 5.92 Å². The molecule has 1 aliphatic heterocycles. The minimum Gasteiger partial charge on any atom is -0.383 e. The average Bonchev–Trinajstić information content (AvgIpc) is 2.79. The second kappa shape index (κ2) is 14.2. The molecule has 198 valence electrons. The normalized spacial score (nSPS) is 15.1. The summed E-state index contributed by atoms with van der Waals surface area (Å²) >= 11 is 6.18. The van der Waals surface area contributed by atoms with Gasteiger partial charge in [0.05, 0.1) is 18.9 Å². The van der Waals surface area contributed by atoms with Gasteiger partial charge in [0.2, 0.25) is 21.8 Å². The van der Waals surface area contributed by atoms with E-state index in [2.05, 4.69) is 0 Å². The van der Waals surface area contributed by atoms with E-state index in [1.807, 2.05) is 36.9 Å². The van der Waals surface area contributed by atoms with E-state index in [0.717, 1.165) is 5.56 Å². The fourth-order valence-electron chi connectivity index (χ4n) is 4.30. The van der Waals surface area contributed by atoms with Gasteiger partial charge in [0.25, 0.3) is 0 Å². The highest BCUT2D eigenvalue weighted by Crippen LogP contribution is 2.22. The Morgan fingerprint density at radius 3 is 2.49 bits per heavy atom. The molecule has 1 saturated heterocycles. The van der Waals surface area contributed by atoms with Gasteiger partial charge in [-0.25, -0.2) is 8.42 Å². The molecule has 0 bridgehead atoms. The van der Waals surface area contributed by atoms with Crippen LogP contribution in [-0.2, 0) is 30.9 Å². The van der Waals surface area contributed by atoms with Crippen molar-refractivity contribution in [3.05, 3.63) is 34.9 Å². The summed E-state index contributed by atoms with van der Waals surface area (Å²) in [7, 11) is -2.08. The number of hydrogen-bond donors (Lipinski definition) is 0. The van der Waals surface area contributed by atoms with E-state index >= 15 is 0 Å². The summed E-state index contributed by atoms with van der Waals surface area (Å²) < 4.78 is 32.0. The monoisotopic (exact) mass is 529 g/mol. The van der Waals surface area contributed by atoms with E-state index in [9.17, 15) is 18.0 Å². The molecular weight excluding hydrogens is 490 g/mol. The summed E-state index contributed by atoms with van der Waals surface area (Å²) in [6.07, 6.45) is 2.28. The van der Waals surface area contributed by atoms with Gasteiger partial charge >= 0.3 is 0 Å². The zero-order valence-electron chi connectivity index (χ0n) is 21.4. The number of likely N-dealkylation sites (tertiary alicyclic amines) is 1. The number of halogens is 1. The Balaban J connectivity index is 2.21. The molecule has 0 spiro atoms. The van der Waals surface area contributed by atoms with Crippen molar-refractivity contribution in [2.45, 2.75) is 59.0 Å². The molecule has 0 atom stereocenters. The lowest BCUT2D eigenvalue weighted by Gasteiger charge is -2.39. The highest BCUT2D eigenvalue weighted by Gasteiger charge is 2.32. The first-order valence-electron chi connectivity index (χ1n) is 12.4. The van der Waals surface area contributed by atoms with Crippen molar-refractivity contribution in [1.29, 1.82) is 0 Å². The molecule has 1 aliphatic rings. The zero-order valence-corrected chi connectivity index (χ0v) is 23.0. The standard InChI is InChI=1S/C25H40ClN3O5S/c1-5-15-35(32,33)28(13-14-34-4)19-25(31)29(18-21-7-6-8-22(26)17-21)23-9-11-27(12-10-23)24(30)16-20(2)3/h6-8,17,20,23H,5,9-16,18-19H2,1-4H3. The van der Waals surface area contributed by atoms with Crippen molar-refractivity contribution in [2.24, 2.45) is 5.92 Å². The minimum absolute atomic E-state index is 0.0192. The highest BCUT2D eigenvalue weighted by molar-refractivity contribution is 7.89. The number of piperidine rings is 1. The van der Waals surface area contributed by atoms with E-state index in [-0.39, 0.29) is 43.3 Å². The number of carbonyl (C=O) groups is 2. The molecule has 10 heteroatoms. The maximum Gasteiger partial charge on any atom is 0.238 e. The Kier molecular flexibility index (Phi) is 12.0. The van der Waals surface area contributed by atoms with Gasteiger partial charge in [0, 0.05) is 50.8 Å². The maximum atomic E-state index is 13.6. The van der Waals surface area contributed by atoms with Gasteiger partial charge in [0.1, 0.15) is 0 Å². The van der Waals surface area contributed by atoms with Crippen molar-refractivity contribution < 1.29 is 22.7 Å². The molecular formula is C25H40ClN3O5S. The molecule has 0 unspecified atom stereocenters. The quantitative estimate of drug-likeness (QED) is 0.391. The molecule has 0 radical (unpaired) electrons. The number of methoxy groups -OCH3 is 1. The SMILES string of the molecule is CCCS(=O)(=O)N(CCOC)CC(=O)N(Cc1cccc(Cl)c1)C1CCN(C(=O)CC(C)C)CC1. The molecule has 8 nitrogen and oxygen atoms in total. The van der Waals surface area contributed by atoms with Crippen LogP contribution in [0.4, 0.5) is 0 Å². The second-order valence-corrected chi connectivity index (χ2v) is 12.0. The van der Waals surface area contributed by atoms with Crippen molar-refractivity contribution in [2.75, 3.05) is 45.6 Å². The van der Waals surface area contributed by atoms with Gasteiger partial charge in [-0.2, -0.15) is 4.31 Å². The van der Waals surface area contributed by atoms with E-state index in [1.165, 1.54) is 11.4 Å². The lowest BCUT2D eigenvalue weighted by Crippen LogP contribution is -2.51. The van der Waals surface area contributed by atoms with E-state index < -0.39 is 10.0 Å². The Morgan fingerprint density at radius 1 is 1.23 bits per heavy atom. The Hall–Kier alpha value is -1.68. The topological polar surface area (TPSA) is 87.2 Å². The van der Waals surface area contributed by atoms with Crippen molar-refractivity contribution in [3.8, 4) is 0 Å². The summed E-state index contributed by atoms with van der Waals surface area (Å²) in [5.41, 5.74) is 0.879. The van der Waals surface area contributed by atoms with Crippen LogP contribution in [0.15, 0.2) is 24.3 Å². The van der Waals surface area contributed by atoms with Gasteiger partial charge in [-0.15, -0.1) is 0 Å². The highest BCUT2D eigenvalue weighted by atomic mass is 35.5. The van der Waals surface area contributed by atoms with Crippen LogP contribution in [0.3, 0.4) is 0 Å². The summed E-state index contributed by atoms with van der Waals surface area (Å²) in [4.78, 5) is 29.7. The molecule has 0 N–H and O–H groups in total. The lowest BCUT2D eigenvalue weighted by molar-refractivity contribution is -0.137. The summed E-state index contributed by atoms with van der Waals surface area (Å²) in [5, 5.41) is 0.580. The number of carbonyl (C=O) groups excluding carboxylic acids is 2. The second-order valence-electron chi connectivity index (χ2n) is 9.50. The zero-order chi connectivity index (χ0) is 26.0. The van der Waals surface area contributed by atoms with Gasteiger partial charge in [0.15, 0.2) is 0 Å². The lowest BCUT2D eigenvalue weighted by atomic mass is 10.0. The van der Waals surface area contributed by atoms with Gasteiger partial charge in [-0.3, -0.25) is 9.59 Å². The van der Waals surface area contributed by atoms with E-state index in [1.54, 1.807) is 17.9 Å². The van der Waals surface area contributed by atoms with Crippen LogP contribution in [0.25, 0.3) is 0 Å². The summed E-state index contributed by atoms with van der Waals surface area (Å²) in [6, 6.07) is 7.25. The minimum atomic E-state index is -3.58. The van der Waals surface area contributed by atoms with Gasteiger partial charge < -0.3 is 14.5 Å². The Morgan fingerprint density at radius 2 is 1.91 bits per heavy atom. The van der Waals surface area contributed by atoms with Crippen LogP contribution < -0.4 is 0 Å². The smallest absolute Gasteiger partial charge is 0.238 e. The molecule has 0 aromatic heterocycles. The number of ether oxygens (including phenoxy) is 1. The average molecular weight is 530 g/mol. The van der Waals surface area contributed by atoms with E-state index in [4.69, 9.17) is 16.3 Å². The Bertz CT molecular complexity index is 933. The fourth-order valence-corrected chi connectivity index (χ4v) is 5.94. The largest absolute Gasteiger partial charge is 0.383 e. The molecule has 35 heavy (non-hydrogen) atoms. The van der Waals surface area contributed by atoms with Crippen LogP contribution in [0.5, 0.6) is 0 Å². The number of amides is 2. The van der Waals surface area contributed by atoms with Crippen molar-refractivity contribution >= 4 is 33.4 Å². The predicted molar refractivity (Wildman–Crippen MR) is 139 cm³/mol. The summed E-state index contributed by atoms with van der Waals surface area (Å²) in [6.45, 7) is 7.44. The molecule has 0 saturated carbocycles. The molecule has 0 aliphatic carbocycles. The third-order valence-electron chi connectivity index (χ3n) is 6.12. The number of benzene rings is 1. The first-order valence-corrected chi connectivity index (χ1v) is 14.3. The first-order chi connectivity index (χ1) is 16.6.